The number of hydrogen-bond donors (Lipinski definition) is 0. The van der Waals surface area contributed by atoms with Crippen molar-refractivity contribution in [2.24, 2.45) is 5.92 Å². The van der Waals surface area contributed by atoms with Gasteiger partial charge in [-0.15, -0.1) is 0 Å². The normalized spacial score (nSPS) is 19.5. The molecule has 0 saturated heterocycles. The van der Waals surface area contributed by atoms with E-state index in [1.165, 1.54) is 31.2 Å². The third-order valence-electron chi connectivity index (χ3n) is 4.60. The zero-order chi connectivity index (χ0) is 14.0. The molecule has 2 heteroatoms. The summed E-state index contributed by atoms with van der Waals surface area (Å²) in [6.45, 7) is 4.64. The van der Waals surface area contributed by atoms with Gasteiger partial charge < -0.3 is 4.90 Å². The topological polar surface area (TPSA) is 3.24 Å². The largest absolute Gasteiger partial charge is 0.306 e. The third-order valence-corrected chi connectivity index (χ3v) is 4.84. The fraction of sp³-hybridized carbons (Fsp3) is 0.647. The second kappa shape index (κ2) is 5.85. The Labute approximate surface area is 123 Å². The average Bonchev–Trinajstić information content (AvgIpc) is 2.25. The van der Waals surface area contributed by atoms with Crippen molar-refractivity contribution in [1.82, 2.24) is 4.90 Å². The summed E-state index contributed by atoms with van der Waals surface area (Å²) < 4.78 is 0. The highest BCUT2D eigenvalue weighted by Crippen LogP contribution is 2.49. The van der Waals surface area contributed by atoms with E-state index in [0.717, 1.165) is 10.9 Å². The van der Waals surface area contributed by atoms with Crippen LogP contribution in [0.2, 0.25) is 5.02 Å². The lowest BCUT2D eigenvalue weighted by Crippen LogP contribution is -2.52. The van der Waals surface area contributed by atoms with Crippen LogP contribution >= 0.6 is 11.6 Å². The summed E-state index contributed by atoms with van der Waals surface area (Å²) in [4.78, 5) is 2.42. The highest BCUT2D eigenvalue weighted by molar-refractivity contribution is 6.30. The Bertz CT molecular complexity index is 421. The first-order chi connectivity index (χ1) is 8.95. The van der Waals surface area contributed by atoms with Crippen molar-refractivity contribution in [2.75, 3.05) is 14.1 Å². The Hall–Kier alpha value is -0.530. The van der Waals surface area contributed by atoms with Crippen LogP contribution in [0, 0.1) is 5.92 Å². The number of nitrogens with zero attached hydrogens (tertiary/aromatic N) is 1. The Balaban J connectivity index is 2.35. The van der Waals surface area contributed by atoms with Crippen LogP contribution in [0.5, 0.6) is 0 Å². The molecule has 0 radical (unpaired) electrons. The van der Waals surface area contributed by atoms with Gasteiger partial charge in [-0.25, -0.2) is 0 Å². The minimum Gasteiger partial charge on any atom is -0.306 e. The number of benzene rings is 1. The first-order valence-corrected chi connectivity index (χ1v) is 7.76. The predicted octanol–water partition coefficient (Wildman–Crippen LogP) is 4.74. The Kier molecular flexibility index (Phi) is 4.58. The molecule has 0 aliphatic heterocycles. The smallest absolute Gasteiger partial charge is 0.0408 e. The maximum absolute atomic E-state index is 6.21. The van der Waals surface area contributed by atoms with Crippen LogP contribution in [0.3, 0.4) is 0 Å². The van der Waals surface area contributed by atoms with E-state index in [-0.39, 0.29) is 0 Å². The van der Waals surface area contributed by atoms with Crippen molar-refractivity contribution >= 4 is 11.6 Å². The summed E-state index contributed by atoms with van der Waals surface area (Å²) >= 11 is 6.21. The minimum absolute atomic E-state index is 0.318. The van der Waals surface area contributed by atoms with E-state index in [0.29, 0.717) is 11.5 Å². The Morgan fingerprint density at radius 2 is 1.95 bits per heavy atom. The maximum atomic E-state index is 6.21. The molecule has 1 aromatic carbocycles. The van der Waals surface area contributed by atoms with Crippen LogP contribution < -0.4 is 0 Å². The minimum atomic E-state index is 0.318. The first kappa shape index (κ1) is 14.9. The SMILES string of the molecule is CC(C)CC(N(C)C)C1(c2cccc(Cl)c2)CCC1. The predicted molar refractivity (Wildman–Crippen MR) is 83.9 cm³/mol. The molecular formula is C17H26ClN. The number of hydrogen-bond acceptors (Lipinski definition) is 1. The molecule has 1 saturated carbocycles. The summed E-state index contributed by atoms with van der Waals surface area (Å²) in [5, 5.41) is 0.867. The summed E-state index contributed by atoms with van der Waals surface area (Å²) in [5.74, 6) is 0.726. The van der Waals surface area contributed by atoms with Crippen LogP contribution in [0.25, 0.3) is 0 Å². The molecule has 1 fully saturated rings. The Morgan fingerprint density at radius 3 is 2.37 bits per heavy atom. The molecule has 2 rings (SSSR count). The van der Waals surface area contributed by atoms with Crippen molar-refractivity contribution in [3.05, 3.63) is 34.9 Å². The van der Waals surface area contributed by atoms with Crippen molar-refractivity contribution in [2.45, 2.75) is 51.0 Å². The van der Waals surface area contributed by atoms with Gasteiger partial charge in [-0.05, 0) is 57.0 Å². The lowest BCUT2D eigenvalue weighted by Gasteiger charge is -2.51. The molecule has 1 aliphatic rings. The molecule has 106 valence electrons. The van der Waals surface area contributed by atoms with E-state index in [4.69, 9.17) is 11.6 Å². The van der Waals surface area contributed by atoms with E-state index >= 15 is 0 Å². The van der Waals surface area contributed by atoms with Crippen LogP contribution in [-0.2, 0) is 5.41 Å². The van der Waals surface area contributed by atoms with Gasteiger partial charge in [0, 0.05) is 16.5 Å². The standard InChI is InChI=1S/C17H26ClN/c1-13(2)11-16(19(3)4)17(9-6-10-17)14-7-5-8-15(18)12-14/h5,7-8,12-13,16H,6,9-11H2,1-4H3. The van der Waals surface area contributed by atoms with Gasteiger partial charge in [-0.3, -0.25) is 0 Å². The van der Waals surface area contributed by atoms with Crippen molar-refractivity contribution < 1.29 is 0 Å². The molecule has 0 aromatic heterocycles. The lowest BCUT2D eigenvalue weighted by molar-refractivity contribution is 0.0808. The maximum Gasteiger partial charge on any atom is 0.0408 e. The molecule has 0 heterocycles. The Morgan fingerprint density at radius 1 is 1.26 bits per heavy atom. The van der Waals surface area contributed by atoms with Crippen molar-refractivity contribution in [3.63, 3.8) is 0 Å². The van der Waals surface area contributed by atoms with Crippen LogP contribution in [-0.4, -0.2) is 25.0 Å². The van der Waals surface area contributed by atoms with Crippen LogP contribution in [0.1, 0.15) is 45.1 Å². The molecule has 0 spiro atoms. The second-order valence-electron chi connectivity index (χ2n) is 6.63. The van der Waals surface area contributed by atoms with Crippen LogP contribution in [0.4, 0.5) is 0 Å². The number of halogens is 1. The fourth-order valence-corrected chi connectivity index (χ4v) is 3.74. The van der Waals surface area contributed by atoms with E-state index in [2.05, 4.69) is 51.0 Å². The summed E-state index contributed by atoms with van der Waals surface area (Å²) in [7, 11) is 4.44. The van der Waals surface area contributed by atoms with Gasteiger partial charge >= 0.3 is 0 Å². The van der Waals surface area contributed by atoms with Gasteiger partial charge in [0.1, 0.15) is 0 Å². The summed E-state index contributed by atoms with van der Waals surface area (Å²) in [6.07, 6.45) is 5.18. The van der Waals surface area contributed by atoms with Gasteiger partial charge in [0.2, 0.25) is 0 Å². The highest BCUT2D eigenvalue weighted by atomic mass is 35.5. The van der Waals surface area contributed by atoms with Gasteiger partial charge in [0.15, 0.2) is 0 Å². The molecule has 1 aromatic rings. The number of likely N-dealkylation sites (N-methyl/N-ethyl adjacent to an activating group) is 1. The fourth-order valence-electron chi connectivity index (χ4n) is 3.55. The van der Waals surface area contributed by atoms with Crippen molar-refractivity contribution in [3.8, 4) is 0 Å². The van der Waals surface area contributed by atoms with Gasteiger partial charge in [0.25, 0.3) is 0 Å². The summed E-state index contributed by atoms with van der Waals surface area (Å²) in [5.41, 5.74) is 1.75. The van der Waals surface area contributed by atoms with Gasteiger partial charge in [0.05, 0.1) is 0 Å². The molecule has 1 nitrogen and oxygen atoms in total. The van der Waals surface area contributed by atoms with Gasteiger partial charge in [-0.1, -0.05) is 44.0 Å². The second-order valence-corrected chi connectivity index (χ2v) is 7.07. The molecular weight excluding hydrogens is 254 g/mol. The van der Waals surface area contributed by atoms with E-state index in [1.807, 2.05) is 6.07 Å². The molecule has 1 atom stereocenters. The highest BCUT2D eigenvalue weighted by Gasteiger charge is 2.46. The first-order valence-electron chi connectivity index (χ1n) is 7.38. The number of rotatable bonds is 5. The monoisotopic (exact) mass is 279 g/mol. The van der Waals surface area contributed by atoms with Crippen LogP contribution in [0.15, 0.2) is 24.3 Å². The molecule has 0 bridgehead atoms. The van der Waals surface area contributed by atoms with Crippen molar-refractivity contribution in [1.29, 1.82) is 0 Å². The lowest BCUT2D eigenvalue weighted by atomic mass is 9.58. The van der Waals surface area contributed by atoms with E-state index < -0.39 is 0 Å². The average molecular weight is 280 g/mol. The zero-order valence-electron chi connectivity index (χ0n) is 12.6. The summed E-state index contributed by atoms with van der Waals surface area (Å²) in [6, 6.07) is 9.13. The third kappa shape index (κ3) is 2.98. The molecule has 19 heavy (non-hydrogen) atoms. The molecule has 0 N–H and O–H groups in total. The quantitative estimate of drug-likeness (QED) is 0.753. The zero-order valence-corrected chi connectivity index (χ0v) is 13.4. The molecule has 1 unspecified atom stereocenters. The van der Waals surface area contributed by atoms with E-state index in [9.17, 15) is 0 Å². The molecule has 1 aliphatic carbocycles. The van der Waals surface area contributed by atoms with E-state index in [1.54, 1.807) is 0 Å². The molecule has 0 amide bonds. The van der Waals surface area contributed by atoms with Gasteiger partial charge in [-0.2, -0.15) is 0 Å².